The van der Waals surface area contributed by atoms with E-state index in [4.69, 9.17) is 21.1 Å². The van der Waals surface area contributed by atoms with Gasteiger partial charge in [-0.1, -0.05) is 48.0 Å². The van der Waals surface area contributed by atoms with E-state index in [1.165, 1.54) is 0 Å². The van der Waals surface area contributed by atoms with Crippen LogP contribution in [0.3, 0.4) is 0 Å². The third-order valence-electron chi connectivity index (χ3n) is 5.41. The number of hydrogen-bond acceptors (Lipinski definition) is 7. The van der Waals surface area contributed by atoms with Crippen molar-refractivity contribution in [1.82, 2.24) is 19.7 Å². The number of nitrogens with zero attached hydrogens (tertiary/aromatic N) is 5. The number of hydrogen-bond donors (Lipinski definition) is 1. The van der Waals surface area contributed by atoms with Gasteiger partial charge >= 0.3 is 0 Å². The average molecular weight is 473 g/mol. The van der Waals surface area contributed by atoms with Crippen LogP contribution in [0.4, 0.5) is 5.95 Å². The van der Waals surface area contributed by atoms with Crippen LogP contribution in [0.5, 0.6) is 11.5 Å². The summed E-state index contributed by atoms with van der Waals surface area (Å²) in [5.41, 5.74) is 7.09. The summed E-state index contributed by atoms with van der Waals surface area (Å²) in [6.07, 6.45) is 1.65. The smallest absolute Gasteiger partial charge is 0.265 e. The third kappa shape index (κ3) is 4.23. The first-order valence-electron chi connectivity index (χ1n) is 10.5. The molecular formula is C25H21ClN6O2. The molecule has 1 N–H and O–H groups in total. The highest BCUT2D eigenvalue weighted by atomic mass is 35.5. The Labute approximate surface area is 200 Å². The lowest BCUT2D eigenvalue weighted by Gasteiger charge is -2.12. The Morgan fingerprint density at radius 2 is 1.85 bits per heavy atom. The minimum atomic E-state index is 0.307. The number of rotatable bonds is 7. The van der Waals surface area contributed by atoms with E-state index in [-0.39, 0.29) is 0 Å². The molecule has 5 rings (SSSR count). The minimum Gasteiger partial charge on any atom is -0.493 e. The van der Waals surface area contributed by atoms with Crippen molar-refractivity contribution in [3.05, 3.63) is 82.9 Å². The van der Waals surface area contributed by atoms with Crippen LogP contribution in [-0.2, 0) is 13.7 Å². The predicted octanol–water partition coefficient (Wildman–Crippen LogP) is 5.20. The Hall–Kier alpha value is -4.17. The number of hydrazone groups is 1. The summed E-state index contributed by atoms with van der Waals surface area (Å²) in [4.78, 5) is 4.56. The molecule has 0 aliphatic heterocycles. The molecule has 34 heavy (non-hydrogen) atoms. The van der Waals surface area contributed by atoms with Crippen molar-refractivity contribution in [2.24, 2.45) is 12.1 Å². The number of anilines is 1. The second kappa shape index (κ2) is 9.36. The van der Waals surface area contributed by atoms with Crippen LogP contribution in [0.25, 0.3) is 22.1 Å². The fourth-order valence-corrected chi connectivity index (χ4v) is 3.86. The van der Waals surface area contributed by atoms with Crippen LogP contribution in [-0.4, -0.2) is 33.1 Å². The lowest BCUT2D eigenvalue weighted by atomic mass is 10.2. The summed E-state index contributed by atoms with van der Waals surface area (Å²) >= 11 is 6.21. The molecule has 5 aromatic rings. The summed E-state index contributed by atoms with van der Waals surface area (Å²) < 4.78 is 13.4. The quantitative estimate of drug-likeness (QED) is 0.258. The maximum atomic E-state index is 6.21. The second-order valence-corrected chi connectivity index (χ2v) is 7.95. The second-order valence-electron chi connectivity index (χ2n) is 7.54. The van der Waals surface area contributed by atoms with E-state index in [1.54, 1.807) is 13.3 Å². The van der Waals surface area contributed by atoms with Gasteiger partial charge in [-0.15, -0.1) is 10.2 Å². The number of nitrogens with one attached hydrogen (secondary N) is 1. The van der Waals surface area contributed by atoms with Gasteiger partial charge in [-0.2, -0.15) is 10.1 Å². The van der Waals surface area contributed by atoms with Crippen molar-refractivity contribution >= 4 is 45.8 Å². The number of ether oxygens (including phenoxy) is 2. The summed E-state index contributed by atoms with van der Waals surface area (Å²) in [5, 5.41) is 14.4. The van der Waals surface area contributed by atoms with Gasteiger partial charge in [0, 0.05) is 23.0 Å². The van der Waals surface area contributed by atoms with E-state index in [0.29, 0.717) is 29.1 Å². The van der Waals surface area contributed by atoms with Crippen molar-refractivity contribution in [2.45, 2.75) is 6.61 Å². The molecule has 0 fully saturated rings. The zero-order valence-electron chi connectivity index (χ0n) is 18.6. The van der Waals surface area contributed by atoms with Crippen LogP contribution in [0.1, 0.15) is 11.1 Å². The molecule has 9 heteroatoms. The number of benzene rings is 3. The molecule has 0 bridgehead atoms. The van der Waals surface area contributed by atoms with Crippen LogP contribution < -0.4 is 14.9 Å². The largest absolute Gasteiger partial charge is 0.493 e. The van der Waals surface area contributed by atoms with Crippen LogP contribution in [0.2, 0.25) is 5.02 Å². The Balaban J connectivity index is 1.30. The van der Waals surface area contributed by atoms with Gasteiger partial charge in [0.2, 0.25) is 0 Å². The molecule has 0 aliphatic rings. The molecule has 2 aromatic heterocycles. The van der Waals surface area contributed by atoms with Crippen LogP contribution in [0, 0.1) is 0 Å². The summed E-state index contributed by atoms with van der Waals surface area (Å²) in [6.45, 7) is 0.339. The molecule has 0 unspecified atom stereocenters. The molecule has 2 heterocycles. The van der Waals surface area contributed by atoms with E-state index in [0.717, 1.165) is 33.2 Å². The molecule has 8 nitrogen and oxygen atoms in total. The molecule has 0 spiro atoms. The van der Waals surface area contributed by atoms with Gasteiger partial charge in [0.1, 0.15) is 12.1 Å². The first kappa shape index (κ1) is 21.7. The van der Waals surface area contributed by atoms with Crippen LogP contribution in [0.15, 0.2) is 71.8 Å². The maximum Gasteiger partial charge on any atom is 0.265 e. The first-order valence-corrected chi connectivity index (χ1v) is 10.9. The predicted molar refractivity (Wildman–Crippen MR) is 134 cm³/mol. The lowest BCUT2D eigenvalue weighted by Crippen LogP contribution is -2.01. The fourth-order valence-electron chi connectivity index (χ4n) is 3.67. The van der Waals surface area contributed by atoms with Gasteiger partial charge in [-0.05, 0) is 35.9 Å². The van der Waals surface area contributed by atoms with E-state index in [2.05, 4.69) is 25.7 Å². The molecule has 0 radical (unpaired) electrons. The zero-order chi connectivity index (χ0) is 23.5. The SMILES string of the molecule is COc1cc(/C=N/Nc2nnc3c4ccccc4n(C)c3n2)ccc1OCc1ccccc1Cl. The number of methoxy groups -OCH3 is 1. The molecular weight excluding hydrogens is 452 g/mol. The Morgan fingerprint density at radius 3 is 2.71 bits per heavy atom. The molecule has 0 aliphatic carbocycles. The average Bonchev–Trinajstić information content (AvgIpc) is 3.15. The summed E-state index contributed by atoms with van der Waals surface area (Å²) in [7, 11) is 3.55. The Kier molecular flexibility index (Phi) is 5.97. The topological polar surface area (TPSA) is 86.5 Å². The Morgan fingerprint density at radius 1 is 1.03 bits per heavy atom. The highest BCUT2D eigenvalue weighted by molar-refractivity contribution is 6.31. The van der Waals surface area contributed by atoms with Crippen molar-refractivity contribution in [3.8, 4) is 11.5 Å². The minimum absolute atomic E-state index is 0.307. The van der Waals surface area contributed by atoms with E-state index in [1.807, 2.05) is 78.3 Å². The number of halogens is 1. The Bertz CT molecular complexity index is 1510. The van der Waals surface area contributed by atoms with Gasteiger partial charge in [0.05, 0.1) is 18.8 Å². The summed E-state index contributed by atoms with van der Waals surface area (Å²) in [6, 6.07) is 21.1. The fraction of sp³-hybridized carbons (Fsp3) is 0.120. The standard InChI is InChI=1S/C25H21ClN6O2/c1-32-20-10-6-4-8-18(20)23-24(32)28-25(31-29-23)30-27-14-16-11-12-21(22(13-16)33-2)34-15-17-7-3-5-9-19(17)26/h3-14H,15H2,1-2H3,(H,28,30,31)/b27-14+. The molecule has 0 amide bonds. The highest BCUT2D eigenvalue weighted by Crippen LogP contribution is 2.29. The zero-order valence-corrected chi connectivity index (χ0v) is 19.3. The molecule has 0 saturated carbocycles. The van der Waals surface area contributed by atoms with Gasteiger partial charge in [0.15, 0.2) is 17.1 Å². The number of aromatic nitrogens is 4. The van der Waals surface area contributed by atoms with Gasteiger partial charge in [-0.3, -0.25) is 0 Å². The van der Waals surface area contributed by atoms with Crippen molar-refractivity contribution in [1.29, 1.82) is 0 Å². The van der Waals surface area contributed by atoms with Crippen molar-refractivity contribution in [2.75, 3.05) is 12.5 Å². The maximum absolute atomic E-state index is 6.21. The third-order valence-corrected chi connectivity index (χ3v) is 5.78. The van der Waals surface area contributed by atoms with Crippen LogP contribution >= 0.6 is 11.6 Å². The lowest BCUT2D eigenvalue weighted by molar-refractivity contribution is 0.284. The van der Waals surface area contributed by atoms with Gasteiger partial charge in [0.25, 0.3) is 5.95 Å². The highest BCUT2D eigenvalue weighted by Gasteiger charge is 2.12. The van der Waals surface area contributed by atoms with E-state index >= 15 is 0 Å². The number of fused-ring (bicyclic) bond motifs is 3. The van der Waals surface area contributed by atoms with Crippen molar-refractivity contribution < 1.29 is 9.47 Å². The van der Waals surface area contributed by atoms with E-state index < -0.39 is 0 Å². The number of aryl methyl sites for hydroxylation is 1. The van der Waals surface area contributed by atoms with Crippen molar-refractivity contribution in [3.63, 3.8) is 0 Å². The first-order chi connectivity index (χ1) is 16.6. The monoisotopic (exact) mass is 472 g/mol. The molecule has 3 aromatic carbocycles. The normalized spacial score (nSPS) is 11.4. The van der Waals surface area contributed by atoms with Gasteiger partial charge < -0.3 is 14.0 Å². The van der Waals surface area contributed by atoms with E-state index in [9.17, 15) is 0 Å². The molecule has 0 atom stereocenters. The molecule has 170 valence electrons. The molecule has 0 saturated heterocycles. The number of para-hydroxylation sites is 1. The summed E-state index contributed by atoms with van der Waals surface area (Å²) in [5.74, 6) is 1.51. The van der Waals surface area contributed by atoms with Gasteiger partial charge in [-0.25, -0.2) is 5.43 Å².